The van der Waals surface area contributed by atoms with Gasteiger partial charge in [0.15, 0.2) is 6.67 Å². The van der Waals surface area contributed by atoms with E-state index in [0.717, 1.165) is 0 Å². The average molecular weight is 175 g/mol. The summed E-state index contributed by atoms with van der Waals surface area (Å²) >= 11 is 0. The first kappa shape index (κ1) is 8.75. The number of hydrogen-bond acceptors (Lipinski definition) is 3. The van der Waals surface area contributed by atoms with Crippen molar-refractivity contribution in [1.29, 1.82) is 0 Å². The number of amides is 3. The van der Waals surface area contributed by atoms with Crippen LogP contribution in [0.1, 0.15) is 0 Å². The van der Waals surface area contributed by atoms with Gasteiger partial charge in [0.2, 0.25) is 0 Å². The van der Waals surface area contributed by atoms with Crippen molar-refractivity contribution in [2.75, 3.05) is 19.8 Å². The molecule has 1 atom stereocenters. The SMILES string of the molecule is NC(=O)N[N+]1(C(=O)O)CCNC1. The maximum Gasteiger partial charge on any atom is 0.540 e. The van der Waals surface area contributed by atoms with Gasteiger partial charge < -0.3 is 10.8 Å². The predicted molar refractivity (Wildman–Crippen MR) is 38.7 cm³/mol. The first-order valence-electron chi connectivity index (χ1n) is 3.46. The normalized spacial score (nSPS) is 28.3. The van der Waals surface area contributed by atoms with Gasteiger partial charge in [-0.1, -0.05) is 0 Å². The molecule has 1 rings (SSSR count). The molecule has 1 aliphatic rings. The third kappa shape index (κ3) is 1.46. The highest BCUT2D eigenvalue weighted by Gasteiger charge is 2.42. The Balaban J connectivity index is 2.72. The van der Waals surface area contributed by atoms with Gasteiger partial charge in [0.1, 0.15) is 6.54 Å². The maximum absolute atomic E-state index is 10.7. The molecule has 0 aromatic rings. The van der Waals surface area contributed by atoms with Crippen molar-refractivity contribution in [3.05, 3.63) is 0 Å². The van der Waals surface area contributed by atoms with Crippen LogP contribution in [0.25, 0.3) is 0 Å². The number of carbonyl (C=O) groups is 2. The molecule has 7 nitrogen and oxygen atoms in total. The number of carbonyl (C=O) groups excluding carboxylic acids is 1. The van der Waals surface area contributed by atoms with Crippen LogP contribution >= 0.6 is 0 Å². The summed E-state index contributed by atoms with van der Waals surface area (Å²) in [5, 5.41) is 11.6. The van der Waals surface area contributed by atoms with Crippen LogP contribution in [0.2, 0.25) is 0 Å². The van der Waals surface area contributed by atoms with Crippen molar-refractivity contribution in [2.45, 2.75) is 0 Å². The number of carboxylic acid groups (broad SMARTS) is 1. The Morgan fingerprint density at radius 3 is 2.58 bits per heavy atom. The van der Waals surface area contributed by atoms with Gasteiger partial charge in [-0.05, 0) is 0 Å². The minimum absolute atomic E-state index is 0.165. The number of nitrogens with zero attached hydrogens (tertiary/aromatic N) is 1. The molecule has 0 aromatic heterocycles. The van der Waals surface area contributed by atoms with Crippen molar-refractivity contribution >= 4 is 12.1 Å². The standard InChI is InChI=1S/C5H10N4O3/c6-4(10)8-9(5(11)12)2-1-7-3-9/h7H,1-3H2,(H3-,6,8,10,11,12)/p+1. The molecule has 0 bridgehead atoms. The molecule has 1 fully saturated rings. The minimum atomic E-state index is -1.11. The molecule has 0 aliphatic carbocycles. The number of primary amides is 1. The number of hydrogen-bond donors (Lipinski definition) is 4. The van der Waals surface area contributed by atoms with Crippen molar-refractivity contribution in [3.8, 4) is 0 Å². The Morgan fingerprint density at radius 1 is 1.58 bits per heavy atom. The molecule has 0 saturated carbocycles. The molecule has 5 N–H and O–H groups in total. The van der Waals surface area contributed by atoms with E-state index in [-0.39, 0.29) is 6.67 Å². The molecule has 0 radical (unpaired) electrons. The van der Waals surface area contributed by atoms with Crippen LogP contribution in [0, 0.1) is 0 Å². The van der Waals surface area contributed by atoms with Crippen molar-refractivity contribution < 1.29 is 19.3 Å². The smallest absolute Gasteiger partial charge is 0.434 e. The summed E-state index contributed by atoms with van der Waals surface area (Å²) in [6.45, 7) is 1.02. The number of rotatable bonds is 0. The highest BCUT2D eigenvalue weighted by atomic mass is 16.4. The topological polar surface area (TPSA) is 104 Å². The monoisotopic (exact) mass is 175 g/mol. The Hall–Kier alpha value is -1.34. The average Bonchev–Trinajstić information content (AvgIpc) is 2.35. The Morgan fingerprint density at radius 2 is 2.25 bits per heavy atom. The predicted octanol–water partition coefficient (Wildman–Crippen LogP) is -1.37. The van der Waals surface area contributed by atoms with E-state index in [1.807, 2.05) is 0 Å². The zero-order valence-corrected chi connectivity index (χ0v) is 6.41. The number of quaternary nitrogens is 1. The van der Waals surface area contributed by atoms with Gasteiger partial charge in [-0.15, -0.1) is 4.59 Å². The Kier molecular flexibility index (Phi) is 2.15. The van der Waals surface area contributed by atoms with Crippen LogP contribution in [0.5, 0.6) is 0 Å². The van der Waals surface area contributed by atoms with Crippen LogP contribution in [0.15, 0.2) is 0 Å². The van der Waals surface area contributed by atoms with Crippen molar-refractivity contribution in [2.24, 2.45) is 5.73 Å². The molecule has 0 aromatic carbocycles. The molecule has 1 unspecified atom stereocenters. The van der Waals surface area contributed by atoms with Gasteiger partial charge in [0.25, 0.3) is 0 Å². The lowest BCUT2D eigenvalue weighted by Crippen LogP contribution is -2.63. The fourth-order valence-corrected chi connectivity index (χ4v) is 1.14. The van der Waals surface area contributed by atoms with E-state index in [0.29, 0.717) is 13.1 Å². The fraction of sp³-hybridized carbons (Fsp3) is 0.600. The van der Waals surface area contributed by atoms with Gasteiger partial charge in [0.05, 0.1) is 6.54 Å². The van der Waals surface area contributed by atoms with Gasteiger partial charge in [-0.2, -0.15) is 10.2 Å². The summed E-state index contributed by atoms with van der Waals surface area (Å²) in [4.78, 5) is 21.2. The molecule has 1 heterocycles. The molecule has 68 valence electrons. The molecule has 0 spiro atoms. The van der Waals surface area contributed by atoms with E-state index in [4.69, 9.17) is 10.8 Å². The van der Waals surface area contributed by atoms with Crippen LogP contribution in [-0.2, 0) is 0 Å². The van der Waals surface area contributed by atoms with E-state index in [2.05, 4.69) is 10.7 Å². The maximum atomic E-state index is 10.7. The van der Waals surface area contributed by atoms with E-state index in [1.165, 1.54) is 0 Å². The lowest BCUT2D eigenvalue weighted by Gasteiger charge is -2.24. The van der Waals surface area contributed by atoms with E-state index in [1.54, 1.807) is 0 Å². The Labute approximate surface area is 68.7 Å². The lowest BCUT2D eigenvalue weighted by atomic mass is 10.6. The molecule has 3 amide bonds. The van der Waals surface area contributed by atoms with E-state index in [9.17, 15) is 9.59 Å². The first-order valence-corrected chi connectivity index (χ1v) is 3.46. The second-order valence-corrected chi connectivity index (χ2v) is 2.61. The highest BCUT2D eigenvalue weighted by molar-refractivity contribution is 5.72. The zero-order chi connectivity index (χ0) is 9.19. The summed E-state index contributed by atoms with van der Waals surface area (Å²) < 4.78 is -0.532. The first-order chi connectivity index (χ1) is 5.57. The van der Waals surface area contributed by atoms with Crippen molar-refractivity contribution in [1.82, 2.24) is 10.7 Å². The Bertz CT molecular complexity index is 211. The number of nitrogens with one attached hydrogen (secondary N) is 2. The minimum Gasteiger partial charge on any atom is -0.434 e. The molecule has 1 aliphatic heterocycles. The van der Waals surface area contributed by atoms with Gasteiger partial charge in [0, 0.05) is 0 Å². The van der Waals surface area contributed by atoms with E-state index >= 15 is 0 Å². The van der Waals surface area contributed by atoms with Crippen LogP contribution in [0.4, 0.5) is 9.59 Å². The van der Waals surface area contributed by atoms with Gasteiger partial charge in [-0.25, -0.2) is 4.79 Å². The van der Waals surface area contributed by atoms with Gasteiger partial charge >= 0.3 is 12.1 Å². The largest absolute Gasteiger partial charge is 0.540 e. The zero-order valence-electron chi connectivity index (χ0n) is 6.41. The van der Waals surface area contributed by atoms with Gasteiger partial charge in [-0.3, -0.25) is 5.32 Å². The summed E-state index contributed by atoms with van der Waals surface area (Å²) in [6.07, 6.45) is -1.11. The summed E-state index contributed by atoms with van der Waals surface area (Å²) in [7, 11) is 0. The molecule has 12 heavy (non-hydrogen) atoms. The second-order valence-electron chi connectivity index (χ2n) is 2.61. The highest BCUT2D eigenvalue weighted by Crippen LogP contribution is 2.05. The number of urea groups is 1. The second kappa shape index (κ2) is 2.95. The third-order valence-electron chi connectivity index (χ3n) is 1.74. The van der Waals surface area contributed by atoms with Crippen LogP contribution in [0.3, 0.4) is 0 Å². The summed E-state index contributed by atoms with van der Waals surface area (Å²) in [5.41, 5.74) is 7.01. The van der Waals surface area contributed by atoms with Crippen LogP contribution < -0.4 is 16.5 Å². The summed E-state index contributed by atoms with van der Waals surface area (Å²) in [6, 6.07) is -0.832. The fourth-order valence-electron chi connectivity index (χ4n) is 1.14. The number of nitrogens with two attached hydrogens (primary N) is 1. The molecule has 1 saturated heterocycles. The summed E-state index contributed by atoms with van der Waals surface area (Å²) in [5.74, 6) is 0. The van der Waals surface area contributed by atoms with E-state index < -0.39 is 16.7 Å². The molecular weight excluding hydrogens is 164 g/mol. The quantitative estimate of drug-likeness (QED) is 0.341. The lowest BCUT2D eigenvalue weighted by molar-refractivity contribution is -0.880. The van der Waals surface area contributed by atoms with Crippen molar-refractivity contribution in [3.63, 3.8) is 0 Å². The molecular formula is C5H11N4O3+. The third-order valence-corrected chi connectivity index (χ3v) is 1.74. The van der Waals surface area contributed by atoms with Crippen LogP contribution in [-0.4, -0.2) is 41.6 Å². The molecule has 7 heteroatoms.